The number of hydrogen-bond acceptors (Lipinski definition) is 6. The molecule has 2 aromatic rings. The summed E-state index contributed by atoms with van der Waals surface area (Å²) in [5.74, 6) is 0. The van der Waals surface area contributed by atoms with Gasteiger partial charge in [0, 0.05) is 28.9 Å². The second-order valence-corrected chi connectivity index (χ2v) is 5.77. The van der Waals surface area contributed by atoms with Crippen molar-refractivity contribution in [3.05, 3.63) is 28.9 Å². The van der Waals surface area contributed by atoms with Gasteiger partial charge in [0.25, 0.3) is 5.19 Å². The number of rotatable bonds is 3. The van der Waals surface area contributed by atoms with Crippen molar-refractivity contribution in [2.75, 3.05) is 6.61 Å². The molecule has 1 aliphatic heterocycles. The predicted molar refractivity (Wildman–Crippen MR) is 75.7 cm³/mol. The molecule has 1 unspecified atom stereocenters. The van der Waals surface area contributed by atoms with Crippen molar-refractivity contribution in [3.63, 3.8) is 0 Å². The molecule has 0 aliphatic carbocycles. The first-order valence-corrected chi connectivity index (χ1v) is 7.38. The van der Waals surface area contributed by atoms with Crippen molar-refractivity contribution < 1.29 is 14.6 Å². The van der Waals surface area contributed by atoms with Gasteiger partial charge in [-0.3, -0.25) is 4.98 Å². The number of fused-ring (bicyclic) bond motifs is 1. The third-order valence-corrected chi connectivity index (χ3v) is 3.80. The van der Waals surface area contributed by atoms with Crippen molar-refractivity contribution in [2.24, 2.45) is 0 Å². The fourth-order valence-corrected chi connectivity index (χ4v) is 2.96. The van der Waals surface area contributed by atoms with Crippen LogP contribution in [0.1, 0.15) is 31.1 Å². The monoisotopic (exact) mass is 292 g/mol. The third-order valence-electron chi connectivity index (χ3n) is 3.07. The largest absolute Gasteiger partial charge is 0.467 e. The highest BCUT2D eigenvalue weighted by molar-refractivity contribution is 7.11. The van der Waals surface area contributed by atoms with E-state index in [1.807, 2.05) is 19.2 Å². The molecule has 0 saturated heterocycles. The van der Waals surface area contributed by atoms with Crippen LogP contribution >= 0.6 is 11.3 Å². The Morgan fingerprint density at radius 1 is 1.45 bits per heavy atom. The van der Waals surface area contributed by atoms with E-state index in [2.05, 4.69) is 9.97 Å². The molecule has 106 valence electrons. The fourth-order valence-electron chi connectivity index (χ4n) is 2.17. The summed E-state index contributed by atoms with van der Waals surface area (Å²) in [4.78, 5) is 8.68. The smallest absolute Gasteiger partial charge is 0.273 e. The van der Waals surface area contributed by atoms with Crippen molar-refractivity contribution in [1.29, 1.82) is 0 Å². The molecule has 3 heterocycles. The minimum absolute atomic E-state index is 0.0990. The normalized spacial score (nSPS) is 18.1. The second-order valence-electron chi connectivity index (χ2n) is 4.95. The molecule has 0 saturated carbocycles. The van der Waals surface area contributed by atoms with E-state index in [1.165, 1.54) is 11.3 Å². The van der Waals surface area contributed by atoms with E-state index >= 15 is 0 Å². The van der Waals surface area contributed by atoms with E-state index < -0.39 is 6.10 Å². The lowest BCUT2D eigenvalue weighted by Gasteiger charge is -2.22. The molecular formula is C14H16N2O3S. The van der Waals surface area contributed by atoms with Gasteiger partial charge in [-0.15, -0.1) is 0 Å². The molecule has 0 aromatic carbocycles. The Bertz CT molecular complexity index is 612. The Morgan fingerprint density at radius 3 is 3.10 bits per heavy atom. The lowest BCUT2D eigenvalue weighted by molar-refractivity contribution is 0.00980. The van der Waals surface area contributed by atoms with Crippen LogP contribution in [-0.4, -0.2) is 27.8 Å². The third kappa shape index (κ3) is 2.54. The van der Waals surface area contributed by atoms with Gasteiger partial charge in [0.05, 0.1) is 25.0 Å². The lowest BCUT2D eigenvalue weighted by Crippen LogP contribution is -2.17. The zero-order valence-electron chi connectivity index (χ0n) is 11.4. The fraction of sp³-hybridized carbons (Fsp3) is 0.429. The molecular weight excluding hydrogens is 276 g/mol. The van der Waals surface area contributed by atoms with Crippen LogP contribution in [-0.2, 0) is 11.3 Å². The number of ether oxygens (including phenoxy) is 2. The van der Waals surface area contributed by atoms with Gasteiger partial charge in [-0.25, -0.2) is 4.98 Å². The van der Waals surface area contributed by atoms with Crippen molar-refractivity contribution in [2.45, 2.75) is 32.7 Å². The van der Waals surface area contributed by atoms with E-state index in [4.69, 9.17) is 9.47 Å². The molecule has 2 aromatic heterocycles. The van der Waals surface area contributed by atoms with Crippen LogP contribution in [0.25, 0.3) is 11.3 Å². The molecule has 0 bridgehead atoms. The van der Waals surface area contributed by atoms with Crippen LogP contribution in [0, 0.1) is 0 Å². The first kappa shape index (κ1) is 13.5. The number of hydrogen-bond donors (Lipinski definition) is 1. The number of pyridine rings is 1. The quantitative estimate of drug-likeness (QED) is 0.942. The Morgan fingerprint density at radius 2 is 2.30 bits per heavy atom. The summed E-state index contributed by atoms with van der Waals surface area (Å²) in [6.07, 6.45) is 2.94. The van der Waals surface area contributed by atoms with Gasteiger partial charge >= 0.3 is 0 Å². The van der Waals surface area contributed by atoms with Gasteiger partial charge < -0.3 is 14.6 Å². The molecule has 1 N–H and O–H groups in total. The van der Waals surface area contributed by atoms with Crippen LogP contribution in [0.5, 0.6) is 5.19 Å². The Kier molecular flexibility index (Phi) is 3.69. The summed E-state index contributed by atoms with van der Waals surface area (Å²) in [6.45, 7) is 4.73. The Hall–Kier alpha value is -1.50. The average Bonchev–Trinajstić information content (AvgIpc) is 2.86. The van der Waals surface area contributed by atoms with Crippen LogP contribution in [0.2, 0.25) is 0 Å². The highest BCUT2D eigenvalue weighted by atomic mass is 32.1. The summed E-state index contributed by atoms with van der Waals surface area (Å²) in [5.41, 5.74) is 3.50. The molecule has 0 fully saturated rings. The topological polar surface area (TPSA) is 64.5 Å². The number of aliphatic hydroxyl groups is 1. The van der Waals surface area contributed by atoms with E-state index in [1.54, 1.807) is 12.4 Å². The summed E-state index contributed by atoms with van der Waals surface area (Å²) in [5, 5.41) is 12.5. The lowest BCUT2D eigenvalue weighted by atomic mass is 9.98. The number of nitrogens with zero attached hydrogens (tertiary/aromatic N) is 2. The van der Waals surface area contributed by atoms with Gasteiger partial charge in [-0.05, 0) is 19.4 Å². The van der Waals surface area contributed by atoms with Crippen LogP contribution < -0.4 is 4.74 Å². The van der Waals surface area contributed by atoms with Gasteiger partial charge in [0.1, 0.15) is 6.10 Å². The number of aromatic nitrogens is 2. The van der Waals surface area contributed by atoms with Crippen molar-refractivity contribution in [3.8, 4) is 16.5 Å². The molecule has 1 aliphatic rings. The van der Waals surface area contributed by atoms with Gasteiger partial charge in [-0.1, -0.05) is 11.3 Å². The Labute approximate surface area is 121 Å². The van der Waals surface area contributed by atoms with Gasteiger partial charge in [0.2, 0.25) is 0 Å². The average molecular weight is 292 g/mol. The summed E-state index contributed by atoms with van der Waals surface area (Å²) in [7, 11) is 0. The predicted octanol–water partition coefficient (Wildman–Crippen LogP) is 2.56. The van der Waals surface area contributed by atoms with Crippen LogP contribution in [0.4, 0.5) is 0 Å². The standard InChI is InChI=1S/C14H16N2O3S/c1-8(2)19-14-16-12(7-20-14)9-3-15-4-10-11(9)5-18-6-13(10)17/h3-4,7-8,13,17H,5-6H2,1-2H3. The summed E-state index contributed by atoms with van der Waals surface area (Å²) >= 11 is 1.46. The maximum absolute atomic E-state index is 9.95. The number of aliphatic hydroxyl groups excluding tert-OH is 1. The van der Waals surface area contributed by atoms with E-state index in [9.17, 15) is 5.11 Å². The van der Waals surface area contributed by atoms with Crippen LogP contribution in [0.15, 0.2) is 17.8 Å². The van der Waals surface area contributed by atoms with Crippen molar-refractivity contribution >= 4 is 11.3 Å². The molecule has 0 radical (unpaired) electrons. The molecule has 1 atom stereocenters. The minimum atomic E-state index is -0.615. The van der Waals surface area contributed by atoms with E-state index in [0.717, 1.165) is 22.4 Å². The van der Waals surface area contributed by atoms with Crippen LogP contribution in [0.3, 0.4) is 0 Å². The highest BCUT2D eigenvalue weighted by Gasteiger charge is 2.23. The van der Waals surface area contributed by atoms with Crippen molar-refractivity contribution in [1.82, 2.24) is 9.97 Å². The Balaban J connectivity index is 1.98. The summed E-state index contributed by atoms with van der Waals surface area (Å²) in [6, 6.07) is 0. The maximum Gasteiger partial charge on any atom is 0.273 e. The first-order valence-electron chi connectivity index (χ1n) is 6.50. The molecule has 3 rings (SSSR count). The summed E-state index contributed by atoms with van der Waals surface area (Å²) < 4.78 is 11.0. The van der Waals surface area contributed by atoms with E-state index in [-0.39, 0.29) is 6.10 Å². The zero-order chi connectivity index (χ0) is 14.1. The SMILES string of the molecule is CC(C)Oc1nc(-c2cncc3c2COCC3O)cs1. The molecule has 20 heavy (non-hydrogen) atoms. The molecule has 0 amide bonds. The molecule has 5 nitrogen and oxygen atoms in total. The van der Waals surface area contributed by atoms with Gasteiger partial charge in [0.15, 0.2) is 0 Å². The minimum Gasteiger partial charge on any atom is -0.467 e. The number of thiazole rings is 1. The maximum atomic E-state index is 9.95. The highest BCUT2D eigenvalue weighted by Crippen LogP contribution is 2.34. The first-order chi connectivity index (χ1) is 9.65. The molecule has 0 spiro atoms. The molecule has 6 heteroatoms. The zero-order valence-corrected chi connectivity index (χ0v) is 12.2. The second kappa shape index (κ2) is 5.47. The van der Waals surface area contributed by atoms with Gasteiger partial charge in [-0.2, -0.15) is 0 Å². The van der Waals surface area contributed by atoms with E-state index in [0.29, 0.717) is 18.4 Å².